The Balaban J connectivity index is 1.12. The van der Waals surface area contributed by atoms with Gasteiger partial charge in [-0.15, -0.1) is 0 Å². The number of aromatic nitrogens is 1. The molecule has 0 N–H and O–H groups in total. The van der Waals surface area contributed by atoms with Crippen molar-refractivity contribution in [1.82, 2.24) is 4.57 Å². The van der Waals surface area contributed by atoms with Gasteiger partial charge >= 0.3 is 0 Å². The minimum Gasteiger partial charge on any atom is -0.309 e. The van der Waals surface area contributed by atoms with Crippen LogP contribution in [-0.2, 0) is 0 Å². The van der Waals surface area contributed by atoms with Crippen molar-refractivity contribution < 1.29 is 0 Å². The third-order valence-corrected chi connectivity index (χ3v) is 11.6. The summed E-state index contributed by atoms with van der Waals surface area (Å²) in [4.78, 5) is 0. The minimum absolute atomic E-state index is 1.13. The fourth-order valence-electron chi connectivity index (χ4n) is 8.88. The maximum absolute atomic E-state index is 2.41. The average Bonchev–Trinajstić information content (AvgIpc) is 3.74. The van der Waals surface area contributed by atoms with Gasteiger partial charge in [0.05, 0.1) is 11.4 Å². The Bertz CT molecular complexity index is 3190. The van der Waals surface area contributed by atoms with Crippen molar-refractivity contribution in [3.05, 3.63) is 224 Å². The number of benzene rings is 10. The molecule has 0 radical (unpaired) electrons. The largest absolute Gasteiger partial charge is 0.309 e. The molecule has 0 aliphatic carbocycles. The van der Waals surface area contributed by atoms with Crippen LogP contribution in [0.25, 0.3) is 105 Å². The molecule has 0 aliphatic heterocycles. The molecule has 0 unspecified atom stereocenters. The van der Waals surface area contributed by atoms with Crippen LogP contribution in [0.2, 0.25) is 0 Å². The van der Waals surface area contributed by atoms with Gasteiger partial charge in [0.25, 0.3) is 0 Å². The second-order valence-electron chi connectivity index (χ2n) is 14.9. The third-order valence-electron chi connectivity index (χ3n) is 11.6. The molecule has 1 nitrogen and oxygen atoms in total. The van der Waals surface area contributed by atoms with Crippen molar-refractivity contribution in [1.29, 1.82) is 0 Å². The van der Waals surface area contributed by atoms with E-state index in [-0.39, 0.29) is 0 Å². The molecule has 0 spiro atoms. The predicted molar refractivity (Wildman–Crippen MR) is 243 cm³/mol. The molecule has 0 aliphatic rings. The highest BCUT2D eigenvalue weighted by atomic mass is 15.0. The van der Waals surface area contributed by atoms with Gasteiger partial charge in [0, 0.05) is 5.69 Å². The van der Waals surface area contributed by atoms with E-state index in [4.69, 9.17) is 0 Å². The monoisotopic (exact) mass is 723 g/mol. The highest BCUT2D eigenvalue weighted by Gasteiger charge is 2.17. The first-order chi connectivity index (χ1) is 28.3. The lowest BCUT2D eigenvalue weighted by atomic mass is 9.88. The van der Waals surface area contributed by atoms with E-state index >= 15 is 0 Å². The molecule has 0 bridgehead atoms. The third kappa shape index (κ3) is 5.72. The first-order valence-electron chi connectivity index (χ1n) is 19.7. The zero-order valence-corrected chi connectivity index (χ0v) is 31.3. The fourth-order valence-corrected chi connectivity index (χ4v) is 8.88. The van der Waals surface area contributed by atoms with E-state index in [9.17, 15) is 0 Å². The summed E-state index contributed by atoms with van der Waals surface area (Å²) in [6, 6.07) is 82.1. The Labute approximate surface area is 332 Å². The van der Waals surface area contributed by atoms with Crippen LogP contribution >= 0.6 is 0 Å². The van der Waals surface area contributed by atoms with Crippen molar-refractivity contribution in [3.63, 3.8) is 0 Å². The molecular weight excluding hydrogens is 687 g/mol. The molecule has 0 saturated carbocycles. The van der Waals surface area contributed by atoms with E-state index in [0.717, 1.165) is 5.69 Å². The quantitative estimate of drug-likeness (QED) is 0.151. The Kier molecular flexibility index (Phi) is 7.89. The topological polar surface area (TPSA) is 4.93 Å². The molecule has 0 amide bonds. The second kappa shape index (κ2) is 13.7. The van der Waals surface area contributed by atoms with Crippen LogP contribution in [0, 0.1) is 0 Å². The first kappa shape index (κ1) is 32.9. The molecule has 10 aromatic carbocycles. The minimum atomic E-state index is 1.13. The molecule has 266 valence electrons. The van der Waals surface area contributed by atoms with Gasteiger partial charge in [-0.25, -0.2) is 0 Å². The smallest absolute Gasteiger partial charge is 0.0535 e. The molecule has 1 heterocycles. The van der Waals surface area contributed by atoms with E-state index < -0.39 is 0 Å². The van der Waals surface area contributed by atoms with Gasteiger partial charge in [-0.3, -0.25) is 0 Å². The van der Waals surface area contributed by atoms with Crippen LogP contribution < -0.4 is 0 Å². The van der Waals surface area contributed by atoms with Gasteiger partial charge in [-0.05, 0) is 130 Å². The van der Waals surface area contributed by atoms with Crippen LogP contribution in [0.15, 0.2) is 224 Å². The lowest BCUT2D eigenvalue weighted by Gasteiger charge is -2.18. The van der Waals surface area contributed by atoms with E-state index in [1.807, 2.05) is 0 Å². The van der Waals surface area contributed by atoms with Crippen molar-refractivity contribution in [3.8, 4) is 61.6 Å². The predicted octanol–water partition coefficient (Wildman–Crippen LogP) is 15.4. The zero-order valence-electron chi connectivity index (χ0n) is 31.3. The van der Waals surface area contributed by atoms with Gasteiger partial charge in [0.1, 0.15) is 0 Å². The molecule has 1 aromatic heterocycles. The van der Waals surface area contributed by atoms with Gasteiger partial charge in [0.2, 0.25) is 0 Å². The number of hydrogen-bond acceptors (Lipinski definition) is 0. The Morgan fingerprint density at radius 3 is 1.37 bits per heavy atom. The average molecular weight is 724 g/mol. The van der Waals surface area contributed by atoms with E-state index in [0.29, 0.717) is 0 Å². The normalized spacial score (nSPS) is 11.5. The first-order valence-corrected chi connectivity index (χ1v) is 19.7. The molecule has 57 heavy (non-hydrogen) atoms. The number of hydrogen-bond donors (Lipinski definition) is 0. The van der Waals surface area contributed by atoms with Crippen molar-refractivity contribution in [2.45, 2.75) is 0 Å². The summed E-state index contributed by atoms with van der Waals surface area (Å²) in [5.41, 5.74) is 13.2. The number of rotatable bonds is 6. The summed E-state index contributed by atoms with van der Waals surface area (Å²) < 4.78 is 2.39. The van der Waals surface area contributed by atoms with E-state index in [1.165, 1.54) is 99.0 Å². The number of nitrogens with zero attached hydrogens (tertiary/aromatic N) is 1. The lowest BCUT2D eigenvalue weighted by Crippen LogP contribution is -1.99. The van der Waals surface area contributed by atoms with Crippen LogP contribution in [0.3, 0.4) is 0 Å². The molecule has 11 aromatic rings. The molecule has 0 fully saturated rings. The van der Waals surface area contributed by atoms with Crippen molar-refractivity contribution in [2.75, 3.05) is 0 Å². The molecule has 11 rings (SSSR count). The Hall–Kier alpha value is -7.48. The highest BCUT2D eigenvalue weighted by Crippen LogP contribution is 2.42. The van der Waals surface area contributed by atoms with Gasteiger partial charge < -0.3 is 4.57 Å². The maximum atomic E-state index is 2.41. The highest BCUT2D eigenvalue weighted by molar-refractivity contribution is 6.15. The van der Waals surface area contributed by atoms with Gasteiger partial charge in [-0.2, -0.15) is 0 Å². The standard InChI is InChI=1S/C56H37N/c1-3-15-40(16-4-1)54-33-34-55(41-17-5-2-6-18-41)57(54)47-30-27-42(28-31-47)56-52-32-29-43(50-23-11-19-38-13-7-9-21-48(38)50)35-46(52)36-44-25-26-45(37-53(44)56)51-24-12-20-39-14-8-10-22-49(39)51/h1-37H. The number of fused-ring (bicyclic) bond motifs is 4. The fraction of sp³-hybridized carbons (Fsp3) is 0. The molecule has 1 heteroatoms. The summed E-state index contributed by atoms with van der Waals surface area (Å²) in [6.07, 6.45) is 0. The summed E-state index contributed by atoms with van der Waals surface area (Å²) >= 11 is 0. The summed E-state index contributed by atoms with van der Waals surface area (Å²) in [5, 5.41) is 9.98. The molecular formula is C56H37N. The van der Waals surface area contributed by atoms with Crippen LogP contribution in [-0.4, -0.2) is 4.57 Å². The Morgan fingerprint density at radius 2 is 0.754 bits per heavy atom. The van der Waals surface area contributed by atoms with Gasteiger partial charge in [0.15, 0.2) is 0 Å². The molecule has 0 saturated heterocycles. The van der Waals surface area contributed by atoms with Gasteiger partial charge in [-0.1, -0.05) is 182 Å². The van der Waals surface area contributed by atoms with Crippen LogP contribution in [0.4, 0.5) is 0 Å². The van der Waals surface area contributed by atoms with E-state index in [2.05, 4.69) is 229 Å². The Morgan fingerprint density at radius 1 is 0.246 bits per heavy atom. The van der Waals surface area contributed by atoms with Crippen LogP contribution in [0.1, 0.15) is 0 Å². The second-order valence-corrected chi connectivity index (χ2v) is 14.9. The lowest BCUT2D eigenvalue weighted by molar-refractivity contribution is 1.10. The summed E-state index contributed by atoms with van der Waals surface area (Å²) in [7, 11) is 0. The van der Waals surface area contributed by atoms with Crippen molar-refractivity contribution in [2.24, 2.45) is 0 Å². The van der Waals surface area contributed by atoms with Crippen LogP contribution in [0.5, 0.6) is 0 Å². The summed E-state index contributed by atoms with van der Waals surface area (Å²) in [6.45, 7) is 0. The summed E-state index contributed by atoms with van der Waals surface area (Å²) in [5.74, 6) is 0. The zero-order chi connectivity index (χ0) is 37.7. The molecule has 0 atom stereocenters. The SMILES string of the molecule is c1ccc(-c2ccc(-c3ccccc3)n2-c2ccc(-c3c4ccc(-c5cccc6ccccc56)cc4cc4ccc(-c5cccc6ccccc56)cc34)cc2)cc1. The van der Waals surface area contributed by atoms with Crippen molar-refractivity contribution >= 4 is 43.1 Å². The van der Waals surface area contributed by atoms with E-state index in [1.54, 1.807) is 0 Å². The maximum Gasteiger partial charge on any atom is 0.0535 e.